The molecule has 28 heavy (non-hydrogen) atoms. The van der Waals surface area contributed by atoms with Gasteiger partial charge in [-0.3, -0.25) is 9.10 Å². The van der Waals surface area contributed by atoms with Crippen molar-refractivity contribution < 1.29 is 13.2 Å². The molecule has 1 saturated carbocycles. The number of rotatable bonds is 5. The van der Waals surface area contributed by atoms with E-state index >= 15 is 0 Å². The van der Waals surface area contributed by atoms with E-state index < -0.39 is 10.0 Å². The van der Waals surface area contributed by atoms with Crippen LogP contribution in [0.5, 0.6) is 0 Å². The Kier molecular flexibility index (Phi) is 4.19. The molecule has 0 radical (unpaired) electrons. The van der Waals surface area contributed by atoms with E-state index in [9.17, 15) is 13.2 Å². The van der Waals surface area contributed by atoms with Crippen LogP contribution in [0.15, 0.2) is 47.4 Å². The number of hydrogen-bond donors (Lipinski definition) is 0. The van der Waals surface area contributed by atoms with E-state index in [1.807, 2.05) is 6.07 Å². The fourth-order valence-electron chi connectivity index (χ4n) is 4.26. The Bertz CT molecular complexity index is 1020. The maximum atomic E-state index is 13.3. The third-order valence-electron chi connectivity index (χ3n) is 6.07. The van der Waals surface area contributed by atoms with Crippen molar-refractivity contribution in [1.82, 2.24) is 0 Å². The van der Waals surface area contributed by atoms with E-state index in [0.29, 0.717) is 12.1 Å². The highest BCUT2D eigenvalue weighted by Gasteiger charge is 2.33. The SMILES string of the molecule is O=C(c1ccc(S(=O)(=O)N2CCc3ccc(N4CCCC4)cc32)cc1)C1CC1. The van der Waals surface area contributed by atoms with Gasteiger partial charge in [0, 0.05) is 36.8 Å². The summed E-state index contributed by atoms with van der Waals surface area (Å²) >= 11 is 0. The molecule has 2 fully saturated rings. The summed E-state index contributed by atoms with van der Waals surface area (Å²) in [5.74, 6) is 0.266. The first-order chi connectivity index (χ1) is 13.5. The van der Waals surface area contributed by atoms with E-state index in [2.05, 4.69) is 17.0 Å². The molecule has 0 bridgehead atoms. The summed E-state index contributed by atoms with van der Waals surface area (Å²) in [6, 6.07) is 12.7. The Balaban J connectivity index is 1.44. The van der Waals surface area contributed by atoms with E-state index in [1.165, 1.54) is 17.1 Å². The smallest absolute Gasteiger partial charge is 0.264 e. The van der Waals surface area contributed by atoms with Gasteiger partial charge < -0.3 is 4.90 Å². The van der Waals surface area contributed by atoms with Gasteiger partial charge in [-0.1, -0.05) is 18.2 Å². The summed E-state index contributed by atoms with van der Waals surface area (Å²) in [5, 5.41) is 0. The molecule has 0 atom stereocenters. The van der Waals surface area contributed by atoms with Gasteiger partial charge >= 0.3 is 0 Å². The predicted octanol–water partition coefficient (Wildman–Crippen LogP) is 3.63. The van der Waals surface area contributed by atoms with Gasteiger partial charge in [-0.25, -0.2) is 8.42 Å². The lowest BCUT2D eigenvalue weighted by molar-refractivity contribution is 0.0967. The molecule has 0 N–H and O–H groups in total. The van der Waals surface area contributed by atoms with E-state index in [4.69, 9.17) is 0 Å². The Morgan fingerprint density at radius 1 is 0.929 bits per heavy atom. The Morgan fingerprint density at radius 3 is 2.32 bits per heavy atom. The monoisotopic (exact) mass is 396 g/mol. The van der Waals surface area contributed by atoms with Crippen LogP contribution in [0, 0.1) is 5.92 Å². The quantitative estimate of drug-likeness (QED) is 0.724. The van der Waals surface area contributed by atoms with E-state index in [1.54, 1.807) is 24.3 Å². The number of carbonyl (C=O) groups excluding carboxylic acids is 1. The number of Topliss-reactive ketones (excluding diaryl/α,β-unsaturated/α-hetero) is 1. The number of hydrogen-bond acceptors (Lipinski definition) is 4. The second-order valence-corrected chi connectivity index (χ2v) is 9.86. The lowest BCUT2D eigenvalue weighted by Gasteiger charge is -2.23. The lowest BCUT2D eigenvalue weighted by Crippen LogP contribution is -2.29. The lowest BCUT2D eigenvalue weighted by atomic mass is 10.1. The largest absolute Gasteiger partial charge is 0.371 e. The third kappa shape index (κ3) is 3.00. The number of fused-ring (bicyclic) bond motifs is 1. The summed E-state index contributed by atoms with van der Waals surface area (Å²) in [4.78, 5) is 14.8. The van der Waals surface area contributed by atoms with E-state index in [0.717, 1.165) is 49.3 Å². The van der Waals surface area contributed by atoms with E-state index in [-0.39, 0.29) is 16.6 Å². The van der Waals surface area contributed by atoms with Crippen LogP contribution in [0.4, 0.5) is 11.4 Å². The number of anilines is 2. The van der Waals surface area contributed by atoms with Gasteiger partial charge in [0.25, 0.3) is 10.0 Å². The van der Waals surface area contributed by atoms with Crippen LogP contribution in [-0.4, -0.2) is 33.8 Å². The zero-order chi connectivity index (χ0) is 19.3. The first kappa shape index (κ1) is 17.7. The topological polar surface area (TPSA) is 57.7 Å². The minimum atomic E-state index is -3.64. The van der Waals surface area contributed by atoms with Crippen LogP contribution in [0.2, 0.25) is 0 Å². The van der Waals surface area contributed by atoms with Crippen molar-refractivity contribution in [1.29, 1.82) is 0 Å². The van der Waals surface area contributed by atoms with Crippen molar-refractivity contribution in [2.75, 3.05) is 28.8 Å². The molecule has 5 nitrogen and oxygen atoms in total. The van der Waals surface area contributed by atoms with Crippen molar-refractivity contribution in [2.24, 2.45) is 5.92 Å². The summed E-state index contributed by atoms with van der Waals surface area (Å²) in [6.45, 7) is 2.52. The van der Waals surface area contributed by atoms with Crippen LogP contribution in [0.25, 0.3) is 0 Å². The Labute approximate surface area is 166 Å². The standard InChI is InChI=1S/C22H24N2O3S/c25-22(17-3-4-17)18-6-9-20(10-7-18)28(26,27)24-14-11-16-5-8-19(15-21(16)24)23-12-1-2-13-23/h5-10,15,17H,1-4,11-14H2. The molecular weight excluding hydrogens is 372 g/mol. The van der Waals surface area contributed by atoms with Crippen LogP contribution in [0.1, 0.15) is 41.6 Å². The second-order valence-electron chi connectivity index (χ2n) is 8.00. The maximum absolute atomic E-state index is 13.3. The molecule has 5 rings (SSSR count). The average Bonchev–Trinajstić information content (AvgIpc) is 3.24. The van der Waals surface area contributed by atoms with Crippen LogP contribution in [0.3, 0.4) is 0 Å². The number of sulfonamides is 1. The molecule has 0 aromatic heterocycles. The molecule has 1 aliphatic carbocycles. The zero-order valence-electron chi connectivity index (χ0n) is 15.8. The summed E-state index contributed by atoms with van der Waals surface area (Å²) in [7, 11) is -3.64. The molecule has 0 spiro atoms. The van der Waals surface area contributed by atoms with Gasteiger partial charge in [-0.05, 0) is 61.9 Å². The van der Waals surface area contributed by atoms with Crippen LogP contribution in [-0.2, 0) is 16.4 Å². The third-order valence-corrected chi connectivity index (χ3v) is 7.90. The highest BCUT2D eigenvalue weighted by atomic mass is 32.2. The molecule has 6 heteroatoms. The zero-order valence-corrected chi connectivity index (χ0v) is 16.6. The van der Waals surface area contributed by atoms with Gasteiger partial charge in [0.05, 0.1) is 10.6 Å². The minimum absolute atomic E-state index is 0.130. The fraction of sp³-hybridized carbons (Fsp3) is 0.409. The van der Waals surface area contributed by atoms with Crippen LogP contribution >= 0.6 is 0 Å². The van der Waals surface area contributed by atoms with Gasteiger partial charge in [-0.2, -0.15) is 0 Å². The molecule has 2 aromatic carbocycles. The molecule has 2 aliphatic heterocycles. The number of ketones is 1. The molecule has 0 unspecified atom stereocenters. The molecule has 0 amide bonds. The van der Waals surface area contributed by atoms with Crippen molar-refractivity contribution in [3.8, 4) is 0 Å². The Morgan fingerprint density at radius 2 is 1.64 bits per heavy atom. The molecule has 2 aromatic rings. The average molecular weight is 397 g/mol. The highest BCUT2D eigenvalue weighted by molar-refractivity contribution is 7.92. The molecule has 3 aliphatic rings. The van der Waals surface area contributed by atoms with Crippen molar-refractivity contribution in [3.05, 3.63) is 53.6 Å². The number of nitrogens with zero attached hydrogens (tertiary/aromatic N) is 2. The fourth-order valence-corrected chi connectivity index (χ4v) is 5.75. The molecule has 146 valence electrons. The summed E-state index contributed by atoms with van der Waals surface area (Å²) in [6.07, 6.45) is 4.99. The molecule has 1 saturated heterocycles. The maximum Gasteiger partial charge on any atom is 0.264 e. The summed E-state index contributed by atoms with van der Waals surface area (Å²) in [5.41, 5.74) is 3.58. The first-order valence-electron chi connectivity index (χ1n) is 10.1. The van der Waals surface area contributed by atoms with Crippen molar-refractivity contribution in [3.63, 3.8) is 0 Å². The Hall–Kier alpha value is -2.34. The highest BCUT2D eigenvalue weighted by Crippen LogP contribution is 2.37. The van der Waals surface area contributed by atoms with Gasteiger partial charge in [0.1, 0.15) is 0 Å². The number of benzene rings is 2. The van der Waals surface area contributed by atoms with Gasteiger partial charge in [0.15, 0.2) is 5.78 Å². The first-order valence-corrected chi connectivity index (χ1v) is 11.5. The van der Waals surface area contributed by atoms with Crippen molar-refractivity contribution >= 4 is 27.2 Å². The van der Waals surface area contributed by atoms with Gasteiger partial charge in [0.2, 0.25) is 0 Å². The summed E-state index contributed by atoms with van der Waals surface area (Å²) < 4.78 is 28.1. The second kappa shape index (κ2) is 6.62. The minimum Gasteiger partial charge on any atom is -0.371 e. The van der Waals surface area contributed by atoms with Gasteiger partial charge in [-0.15, -0.1) is 0 Å². The van der Waals surface area contributed by atoms with Crippen molar-refractivity contribution in [2.45, 2.75) is 37.0 Å². The number of carbonyl (C=O) groups is 1. The van der Waals surface area contributed by atoms with Crippen LogP contribution < -0.4 is 9.21 Å². The molecule has 2 heterocycles. The molecular formula is C22H24N2O3S. The predicted molar refractivity (Wildman–Crippen MR) is 110 cm³/mol. The normalized spacial score (nSPS) is 19.1.